The van der Waals surface area contributed by atoms with Gasteiger partial charge in [-0.2, -0.15) is 13.2 Å². The van der Waals surface area contributed by atoms with Gasteiger partial charge >= 0.3 is 12.1 Å². The lowest BCUT2D eigenvalue weighted by Gasteiger charge is -2.35. The van der Waals surface area contributed by atoms with E-state index >= 15 is 0 Å². The second-order valence-electron chi connectivity index (χ2n) is 14.3. The lowest BCUT2D eigenvalue weighted by Crippen LogP contribution is -2.44. The largest absolute Gasteiger partial charge is 0.471 e. The molecule has 11 nitrogen and oxygen atoms in total. The number of carbonyl (C=O) groups excluding carboxylic acids is 3. The van der Waals surface area contributed by atoms with Crippen molar-refractivity contribution in [2.45, 2.75) is 31.9 Å². The summed E-state index contributed by atoms with van der Waals surface area (Å²) in [7, 11) is 0. The molecule has 2 saturated heterocycles. The van der Waals surface area contributed by atoms with Crippen LogP contribution in [0.5, 0.6) is 0 Å². The first kappa shape index (κ1) is 43.0. The summed E-state index contributed by atoms with van der Waals surface area (Å²) >= 11 is 6.08. The Morgan fingerprint density at radius 3 is 1.63 bits per heavy atom. The van der Waals surface area contributed by atoms with Crippen molar-refractivity contribution in [2.75, 3.05) is 59.7 Å². The first-order chi connectivity index (χ1) is 29.1. The van der Waals surface area contributed by atoms with Crippen LogP contribution >= 0.6 is 45.3 Å². The third-order valence-corrected chi connectivity index (χ3v) is 13.9. The second kappa shape index (κ2) is 19.9. The molecule has 60 heavy (non-hydrogen) atoms. The molecule has 4 aromatic heterocycles. The molecule has 18 heteroatoms. The summed E-state index contributed by atoms with van der Waals surface area (Å²) in [4.78, 5) is 52.1. The van der Waals surface area contributed by atoms with E-state index in [0.717, 1.165) is 62.8 Å². The molecule has 0 aliphatic carbocycles. The summed E-state index contributed by atoms with van der Waals surface area (Å²) in [5.74, 6) is -2.03. The number of rotatable bonds is 11. The number of nitrogens with two attached hydrogens (primary N) is 1. The Bertz CT molecular complexity index is 2350. The molecule has 2 aliphatic rings. The second-order valence-corrected chi connectivity index (χ2v) is 17.9. The number of benzene rings is 2. The SMILES string of the molecule is NC[C@H]1CCCN(c2ccccc2NC(=O)c2csc(-c3cccs3)n2)C1.O=C(Nc1ccccc1N1CCC[C@H](CNC(=O)C(F)(F)F)C1)c1csc(-c2cccs2)n1. The van der Waals surface area contributed by atoms with Crippen LogP contribution in [-0.2, 0) is 4.79 Å². The molecule has 0 spiro atoms. The number of anilines is 4. The van der Waals surface area contributed by atoms with Gasteiger partial charge in [0.2, 0.25) is 0 Å². The highest BCUT2D eigenvalue weighted by Gasteiger charge is 2.39. The minimum absolute atomic E-state index is 0.0479. The van der Waals surface area contributed by atoms with E-state index < -0.39 is 12.1 Å². The zero-order valence-corrected chi connectivity index (χ0v) is 35.6. The van der Waals surface area contributed by atoms with Crippen molar-refractivity contribution in [3.63, 3.8) is 0 Å². The van der Waals surface area contributed by atoms with Crippen LogP contribution in [0, 0.1) is 11.8 Å². The number of halogens is 3. The van der Waals surface area contributed by atoms with Gasteiger partial charge in [-0.15, -0.1) is 45.3 Å². The van der Waals surface area contributed by atoms with Gasteiger partial charge in [0.15, 0.2) is 0 Å². The van der Waals surface area contributed by atoms with Gasteiger partial charge in [0.25, 0.3) is 11.8 Å². The third kappa shape index (κ3) is 11.0. The Morgan fingerprint density at radius 2 is 1.17 bits per heavy atom. The molecular formula is C42H43F3N8O3S4. The van der Waals surface area contributed by atoms with E-state index in [9.17, 15) is 27.6 Å². The van der Waals surface area contributed by atoms with Crippen LogP contribution < -0.4 is 31.5 Å². The summed E-state index contributed by atoms with van der Waals surface area (Å²) in [5, 5.41) is 17.1. The van der Waals surface area contributed by atoms with Gasteiger partial charge in [-0.05, 0) is 91.2 Å². The number of alkyl halides is 3. The molecule has 2 fully saturated rings. The average molecular weight is 893 g/mol. The number of amides is 3. The maximum atomic E-state index is 12.8. The van der Waals surface area contributed by atoms with Gasteiger partial charge in [-0.1, -0.05) is 36.4 Å². The zero-order valence-electron chi connectivity index (χ0n) is 32.3. The molecular weight excluding hydrogens is 850 g/mol. The van der Waals surface area contributed by atoms with Gasteiger partial charge < -0.3 is 31.5 Å². The molecule has 0 bridgehead atoms. The maximum absolute atomic E-state index is 12.8. The normalized spacial score (nSPS) is 16.7. The van der Waals surface area contributed by atoms with Crippen molar-refractivity contribution >= 4 is 85.8 Å². The van der Waals surface area contributed by atoms with Crippen molar-refractivity contribution in [1.29, 1.82) is 0 Å². The predicted molar refractivity (Wildman–Crippen MR) is 238 cm³/mol. The van der Waals surface area contributed by atoms with Crippen LogP contribution in [0.2, 0.25) is 0 Å². The topological polar surface area (TPSA) is 146 Å². The molecule has 5 N–H and O–H groups in total. The summed E-state index contributed by atoms with van der Waals surface area (Å²) in [6.45, 7) is 3.76. The number of thiazole rings is 2. The fraction of sp³-hybridized carbons (Fsp3) is 0.310. The molecule has 2 atom stereocenters. The molecule has 2 aromatic carbocycles. The van der Waals surface area contributed by atoms with E-state index in [2.05, 4.69) is 31.6 Å². The lowest BCUT2D eigenvalue weighted by atomic mass is 9.97. The van der Waals surface area contributed by atoms with E-state index in [0.29, 0.717) is 49.0 Å². The molecule has 3 amide bonds. The predicted octanol–water partition coefficient (Wildman–Crippen LogP) is 9.32. The Kier molecular flexibility index (Phi) is 14.3. The Morgan fingerprint density at radius 1 is 0.683 bits per heavy atom. The van der Waals surface area contributed by atoms with Gasteiger partial charge in [-0.3, -0.25) is 14.4 Å². The summed E-state index contributed by atoms with van der Waals surface area (Å²) in [6.07, 6.45) is -1.10. The number of thiophene rings is 2. The van der Waals surface area contributed by atoms with Crippen LogP contribution in [0.25, 0.3) is 19.8 Å². The highest BCUT2D eigenvalue weighted by Crippen LogP contribution is 2.34. The number of carbonyl (C=O) groups is 3. The number of nitrogens with one attached hydrogen (secondary N) is 3. The number of hydrogen-bond acceptors (Lipinski definition) is 12. The van der Waals surface area contributed by atoms with Crippen LogP contribution in [0.1, 0.15) is 46.7 Å². The van der Waals surface area contributed by atoms with Gasteiger partial charge in [0, 0.05) is 43.5 Å². The quantitative estimate of drug-likeness (QED) is 0.101. The lowest BCUT2D eigenvalue weighted by molar-refractivity contribution is -0.173. The molecule has 0 saturated carbocycles. The number of aromatic nitrogens is 2. The van der Waals surface area contributed by atoms with Crippen molar-refractivity contribution in [3.8, 4) is 19.8 Å². The zero-order chi connectivity index (χ0) is 42.1. The fourth-order valence-electron chi connectivity index (χ4n) is 7.13. The molecule has 6 heterocycles. The molecule has 0 unspecified atom stereocenters. The summed E-state index contributed by atoms with van der Waals surface area (Å²) in [6, 6.07) is 23.2. The number of piperidine rings is 2. The fourth-order valence-corrected chi connectivity index (χ4v) is 10.4. The van der Waals surface area contributed by atoms with Crippen molar-refractivity contribution < 1.29 is 27.6 Å². The smallest absolute Gasteiger partial charge is 0.370 e. The Labute approximate surface area is 361 Å². The van der Waals surface area contributed by atoms with Gasteiger partial charge in [0.05, 0.1) is 32.5 Å². The highest BCUT2D eigenvalue weighted by molar-refractivity contribution is 7.20. The standard InChI is InChI=1S/C22H21F3N4O2S2.C20H22N4OS2/c23-22(24,25)21(31)26-11-14-5-3-9-29(12-14)17-7-2-1-6-15(17)27-19(30)16-13-33-20(28-16)18-8-4-10-32-18;21-11-14-5-3-9-24(12-14)17-7-2-1-6-15(17)22-19(25)16-13-27-20(23-16)18-8-4-10-26-18/h1-2,4,6-8,10,13-14H,3,5,9,11-12H2,(H,26,31)(H,27,30);1-2,4,6-8,10,13-14H,3,5,9,11-12,21H2,(H,22,25)/t2*14-/m11/s1. The Hall–Kier alpha value is -5.14. The van der Waals surface area contributed by atoms with E-state index in [1.807, 2.05) is 87.0 Å². The van der Waals surface area contributed by atoms with Crippen LogP contribution in [0.4, 0.5) is 35.9 Å². The van der Waals surface area contributed by atoms with E-state index in [-0.39, 0.29) is 24.3 Å². The van der Waals surface area contributed by atoms with Crippen LogP contribution in [0.15, 0.2) is 94.3 Å². The van der Waals surface area contributed by atoms with Gasteiger partial charge in [-0.25, -0.2) is 9.97 Å². The Balaban J connectivity index is 0.000000185. The number of hydrogen-bond donors (Lipinski definition) is 4. The van der Waals surface area contributed by atoms with E-state index in [1.165, 1.54) is 29.1 Å². The summed E-state index contributed by atoms with van der Waals surface area (Å²) in [5.41, 5.74) is 9.92. The molecule has 8 rings (SSSR count). The monoisotopic (exact) mass is 892 g/mol. The minimum Gasteiger partial charge on any atom is -0.370 e. The van der Waals surface area contributed by atoms with Crippen LogP contribution in [-0.4, -0.2) is 73.1 Å². The number of para-hydroxylation sites is 4. The third-order valence-electron chi connectivity index (χ3n) is 10.1. The van der Waals surface area contributed by atoms with Crippen molar-refractivity contribution in [1.82, 2.24) is 15.3 Å². The maximum Gasteiger partial charge on any atom is 0.471 e. The molecule has 6 aromatic rings. The highest BCUT2D eigenvalue weighted by atomic mass is 32.1. The number of nitrogens with zero attached hydrogens (tertiary/aromatic N) is 4. The van der Waals surface area contributed by atoms with E-state index in [4.69, 9.17) is 5.73 Å². The van der Waals surface area contributed by atoms with Crippen LogP contribution in [0.3, 0.4) is 0 Å². The van der Waals surface area contributed by atoms with Crippen molar-refractivity contribution in [2.24, 2.45) is 17.6 Å². The average Bonchev–Trinajstić information content (AvgIpc) is 4.11. The molecule has 2 aliphatic heterocycles. The molecule has 314 valence electrons. The minimum atomic E-state index is -4.88. The summed E-state index contributed by atoms with van der Waals surface area (Å²) < 4.78 is 37.4. The first-order valence-electron chi connectivity index (χ1n) is 19.4. The van der Waals surface area contributed by atoms with Crippen molar-refractivity contribution in [3.05, 3.63) is 106 Å². The molecule has 0 radical (unpaired) electrons. The van der Waals surface area contributed by atoms with Gasteiger partial charge in [0.1, 0.15) is 21.4 Å². The van der Waals surface area contributed by atoms with E-state index in [1.54, 1.807) is 34.1 Å². The first-order valence-corrected chi connectivity index (χ1v) is 22.9.